The van der Waals surface area contributed by atoms with E-state index in [-0.39, 0.29) is 12.6 Å². The smallest absolute Gasteiger partial charge is 0.325 e. The van der Waals surface area contributed by atoms with Gasteiger partial charge in [-0.1, -0.05) is 0 Å². The molecule has 0 bridgehead atoms. The van der Waals surface area contributed by atoms with Gasteiger partial charge in [0.2, 0.25) is 0 Å². The van der Waals surface area contributed by atoms with Crippen molar-refractivity contribution in [1.82, 2.24) is 9.80 Å². The lowest BCUT2D eigenvalue weighted by molar-refractivity contribution is -0.143. The number of esters is 1. The average Bonchev–Trinajstić information content (AvgIpc) is 2.32. The second-order valence-electron chi connectivity index (χ2n) is 3.52. The summed E-state index contributed by atoms with van der Waals surface area (Å²) >= 11 is 0. The van der Waals surface area contributed by atoms with Crippen molar-refractivity contribution >= 4 is 12.0 Å². The van der Waals surface area contributed by atoms with Crippen molar-refractivity contribution in [3.05, 3.63) is 0 Å². The quantitative estimate of drug-likeness (QED) is 0.616. The molecule has 0 radical (unpaired) electrons. The normalized spacial score (nSPS) is 9.88. The number of carbonyl (C=O) groups excluding carboxylic acids is 2. The summed E-state index contributed by atoms with van der Waals surface area (Å²) in [7, 11) is 3.24. The van der Waals surface area contributed by atoms with Crippen LogP contribution in [0.5, 0.6) is 0 Å². The molecule has 17 heavy (non-hydrogen) atoms. The number of nitrogens with zero attached hydrogens (tertiary/aromatic N) is 2. The zero-order valence-corrected chi connectivity index (χ0v) is 11.1. The number of carbonyl (C=O) groups is 2. The van der Waals surface area contributed by atoms with Gasteiger partial charge in [-0.15, -0.1) is 0 Å². The predicted molar refractivity (Wildman–Crippen MR) is 63.8 cm³/mol. The van der Waals surface area contributed by atoms with Gasteiger partial charge >= 0.3 is 12.0 Å². The molecule has 0 aliphatic carbocycles. The van der Waals surface area contributed by atoms with E-state index in [9.17, 15) is 9.59 Å². The highest BCUT2D eigenvalue weighted by atomic mass is 16.5. The molecule has 0 rings (SSSR count). The van der Waals surface area contributed by atoms with Crippen LogP contribution in [0.1, 0.15) is 13.8 Å². The van der Waals surface area contributed by atoms with E-state index in [2.05, 4.69) is 0 Å². The summed E-state index contributed by atoms with van der Waals surface area (Å²) in [6.45, 7) is 5.23. The molecule has 2 amide bonds. The van der Waals surface area contributed by atoms with E-state index in [1.165, 1.54) is 9.80 Å². The van der Waals surface area contributed by atoms with Crippen LogP contribution in [0.4, 0.5) is 4.79 Å². The summed E-state index contributed by atoms with van der Waals surface area (Å²) in [5.41, 5.74) is 0. The van der Waals surface area contributed by atoms with Gasteiger partial charge in [0.05, 0.1) is 13.2 Å². The molecule has 0 aromatic carbocycles. The second kappa shape index (κ2) is 8.81. The monoisotopic (exact) mass is 246 g/mol. The molecule has 0 heterocycles. The molecule has 100 valence electrons. The lowest BCUT2D eigenvalue weighted by Crippen LogP contribution is -2.45. The first-order chi connectivity index (χ1) is 8.06. The zero-order valence-electron chi connectivity index (χ0n) is 11.1. The third kappa shape index (κ3) is 6.11. The van der Waals surface area contributed by atoms with Gasteiger partial charge in [-0.3, -0.25) is 4.79 Å². The van der Waals surface area contributed by atoms with Crippen LogP contribution >= 0.6 is 0 Å². The number of hydrogen-bond donors (Lipinski definition) is 0. The number of rotatable bonds is 7. The van der Waals surface area contributed by atoms with Crippen LogP contribution in [0.25, 0.3) is 0 Å². The molecule has 0 aliphatic rings. The SMILES string of the molecule is CCOC(=O)CN(CCOC)C(=O)N(C)CC. The van der Waals surface area contributed by atoms with Gasteiger partial charge in [0.15, 0.2) is 0 Å². The highest BCUT2D eigenvalue weighted by molar-refractivity contribution is 5.80. The Morgan fingerprint density at radius 3 is 2.35 bits per heavy atom. The molecule has 0 saturated heterocycles. The highest BCUT2D eigenvalue weighted by Crippen LogP contribution is 1.98. The molecule has 0 aromatic heterocycles. The number of amides is 2. The van der Waals surface area contributed by atoms with Crippen LogP contribution in [0.2, 0.25) is 0 Å². The molecular weight excluding hydrogens is 224 g/mol. The molecule has 0 spiro atoms. The minimum absolute atomic E-state index is 0.0413. The Kier molecular flexibility index (Phi) is 8.13. The Labute approximate surface area is 102 Å². The minimum atomic E-state index is -0.401. The number of ether oxygens (including phenoxy) is 2. The average molecular weight is 246 g/mol. The van der Waals surface area contributed by atoms with Gasteiger partial charge in [0, 0.05) is 27.2 Å². The third-order valence-corrected chi connectivity index (χ3v) is 2.26. The zero-order chi connectivity index (χ0) is 13.3. The highest BCUT2D eigenvalue weighted by Gasteiger charge is 2.19. The molecule has 0 atom stereocenters. The molecule has 0 fully saturated rings. The van der Waals surface area contributed by atoms with E-state index in [1.807, 2.05) is 6.92 Å². The molecular formula is C11H22N2O4. The van der Waals surface area contributed by atoms with Gasteiger partial charge in [-0.25, -0.2) is 4.79 Å². The minimum Gasteiger partial charge on any atom is -0.465 e. The fraction of sp³-hybridized carbons (Fsp3) is 0.818. The van der Waals surface area contributed by atoms with E-state index in [0.717, 1.165) is 0 Å². The largest absolute Gasteiger partial charge is 0.465 e. The van der Waals surface area contributed by atoms with Gasteiger partial charge in [0.25, 0.3) is 0 Å². The van der Waals surface area contributed by atoms with Crippen LogP contribution in [-0.4, -0.2) is 68.8 Å². The summed E-state index contributed by atoms with van der Waals surface area (Å²) < 4.78 is 9.74. The Hall–Kier alpha value is -1.30. The van der Waals surface area contributed by atoms with Crippen LogP contribution in [0.15, 0.2) is 0 Å². The topological polar surface area (TPSA) is 59.1 Å². The lowest BCUT2D eigenvalue weighted by atomic mass is 10.4. The number of hydrogen-bond acceptors (Lipinski definition) is 4. The summed E-state index contributed by atoms with van der Waals surface area (Å²) in [4.78, 5) is 26.2. The summed E-state index contributed by atoms with van der Waals surface area (Å²) in [6, 6.07) is -0.197. The first-order valence-corrected chi connectivity index (χ1v) is 5.71. The van der Waals surface area contributed by atoms with E-state index in [4.69, 9.17) is 9.47 Å². The van der Waals surface area contributed by atoms with Crippen LogP contribution < -0.4 is 0 Å². The second-order valence-corrected chi connectivity index (χ2v) is 3.52. The molecule has 0 N–H and O–H groups in total. The van der Waals surface area contributed by atoms with Crippen molar-refractivity contribution < 1.29 is 19.1 Å². The predicted octanol–water partition coefficient (Wildman–Crippen LogP) is 0.570. The van der Waals surface area contributed by atoms with Crippen molar-refractivity contribution in [2.45, 2.75) is 13.8 Å². The molecule has 6 heteroatoms. The van der Waals surface area contributed by atoms with Gasteiger partial charge in [-0.2, -0.15) is 0 Å². The van der Waals surface area contributed by atoms with E-state index in [1.54, 1.807) is 21.1 Å². The maximum atomic E-state index is 11.9. The first kappa shape index (κ1) is 15.7. The summed E-state index contributed by atoms with van der Waals surface area (Å²) in [6.07, 6.45) is 0. The van der Waals surface area contributed by atoms with Crippen LogP contribution in [0, 0.1) is 0 Å². The maximum Gasteiger partial charge on any atom is 0.325 e. The van der Waals surface area contributed by atoms with Crippen molar-refractivity contribution in [3.8, 4) is 0 Å². The Morgan fingerprint density at radius 1 is 1.24 bits per heavy atom. The summed E-state index contributed by atoms with van der Waals surface area (Å²) in [5, 5.41) is 0. The molecule has 0 aliphatic heterocycles. The van der Waals surface area contributed by atoms with Gasteiger partial charge in [0.1, 0.15) is 6.54 Å². The van der Waals surface area contributed by atoms with E-state index in [0.29, 0.717) is 26.3 Å². The molecule has 6 nitrogen and oxygen atoms in total. The molecule has 0 aromatic rings. The van der Waals surface area contributed by atoms with Gasteiger partial charge < -0.3 is 19.3 Å². The van der Waals surface area contributed by atoms with Crippen molar-refractivity contribution in [2.75, 3.05) is 47.0 Å². The van der Waals surface area contributed by atoms with Crippen molar-refractivity contribution in [2.24, 2.45) is 0 Å². The fourth-order valence-electron chi connectivity index (χ4n) is 1.18. The Balaban J connectivity index is 4.41. The molecule has 0 unspecified atom stereocenters. The van der Waals surface area contributed by atoms with Crippen molar-refractivity contribution in [3.63, 3.8) is 0 Å². The Morgan fingerprint density at radius 2 is 1.88 bits per heavy atom. The number of methoxy groups -OCH3 is 1. The third-order valence-electron chi connectivity index (χ3n) is 2.26. The Bertz CT molecular complexity index is 246. The van der Waals surface area contributed by atoms with E-state index >= 15 is 0 Å². The standard InChI is InChI=1S/C11H22N2O4/c1-5-12(3)11(15)13(7-8-16-4)9-10(14)17-6-2/h5-9H2,1-4H3. The molecule has 0 saturated carbocycles. The van der Waals surface area contributed by atoms with Crippen LogP contribution in [0.3, 0.4) is 0 Å². The van der Waals surface area contributed by atoms with Gasteiger partial charge in [-0.05, 0) is 13.8 Å². The van der Waals surface area contributed by atoms with E-state index < -0.39 is 5.97 Å². The van der Waals surface area contributed by atoms with Crippen LogP contribution in [-0.2, 0) is 14.3 Å². The van der Waals surface area contributed by atoms with Crippen molar-refractivity contribution in [1.29, 1.82) is 0 Å². The maximum absolute atomic E-state index is 11.9. The first-order valence-electron chi connectivity index (χ1n) is 5.71. The fourth-order valence-corrected chi connectivity index (χ4v) is 1.18. The lowest BCUT2D eigenvalue weighted by Gasteiger charge is -2.26. The number of urea groups is 1. The summed E-state index contributed by atoms with van der Waals surface area (Å²) in [5.74, 6) is -0.401.